The molecule has 3 atom stereocenters. The van der Waals surface area contributed by atoms with Crippen molar-refractivity contribution in [1.82, 2.24) is 0 Å². The number of ketones is 1. The number of aliphatic hydroxyl groups is 1. The van der Waals surface area contributed by atoms with Gasteiger partial charge in [-0.2, -0.15) is 0 Å². The van der Waals surface area contributed by atoms with Crippen molar-refractivity contribution in [3.63, 3.8) is 0 Å². The second-order valence-corrected chi connectivity index (χ2v) is 18.9. The zero-order valence-corrected chi connectivity index (χ0v) is 27.8. The molecule has 2 aromatic rings. The summed E-state index contributed by atoms with van der Waals surface area (Å²) in [5.41, 5.74) is 2.26. The normalized spacial score (nSPS) is 18.9. The molecule has 3 rings (SSSR count). The maximum atomic E-state index is 12.8. The number of rotatable bonds is 14. The molecule has 1 N–H and O–H groups in total. The summed E-state index contributed by atoms with van der Waals surface area (Å²) in [4.78, 5) is 12.8. The minimum Gasteiger partial charge on any atom is -0.497 e. The van der Waals surface area contributed by atoms with Gasteiger partial charge in [-0.1, -0.05) is 71.3 Å². The van der Waals surface area contributed by atoms with E-state index in [1.165, 1.54) is 0 Å². The summed E-state index contributed by atoms with van der Waals surface area (Å²) in [6.45, 7) is 12.9. The smallest absolute Gasteiger partial charge is 0.161 e. The molecule has 0 radical (unpaired) electrons. The predicted molar refractivity (Wildman–Crippen MR) is 169 cm³/mol. The summed E-state index contributed by atoms with van der Waals surface area (Å²) < 4.78 is 18.1. The molecule has 1 aliphatic rings. The Bertz CT molecular complexity index is 1080. The fourth-order valence-electron chi connectivity index (χ4n) is 5.08. The van der Waals surface area contributed by atoms with E-state index in [-0.39, 0.29) is 16.7 Å². The number of ether oxygens (including phenoxy) is 2. The highest BCUT2D eigenvalue weighted by Crippen LogP contribution is 2.38. The van der Waals surface area contributed by atoms with Crippen LogP contribution in [0.3, 0.4) is 0 Å². The van der Waals surface area contributed by atoms with Gasteiger partial charge in [-0.3, -0.25) is 4.79 Å². The highest BCUT2D eigenvalue weighted by atomic mass is 127. The van der Waals surface area contributed by atoms with E-state index in [1.807, 2.05) is 30.5 Å². The number of unbranched alkanes of at least 4 members (excludes halogenated alkanes) is 3. The number of benzene rings is 1. The van der Waals surface area contributed by atoms with Gasteiger partial charge in [-0.15, -0.1) is 0 Å². The number of carbonyl (C=O) groups is 1. The summed E-state index contributed by atoms with van der Waals surface area (Å²) in [5, 5.41) is 12.4. The van der Waals surface area contributed by atoms with Crippen LogP contribution in [-0.4, -0.2) is 38.8 Å². The molecule has 0 saturated carbocycles. The number of hydrogen-bond acceptors (Lipinski definition) is 5. The lowest BCUT2D eigenvalue weighted by Crippen LogP contribution is -2.50. The van der Waals surface area contributed by atoms with E-state index >= 15 is 0 Å². The van der Waals surface area contributed by atoms with Crippen molar-refractivity contribution in [2.45, 2.75) is 96.6 Å². The van der Waals surface area contributed by atoms with Crippen LogP contribution in [0.4, 0.5) is 0 Å². The Hall–Kier alpha value is -1.42. The Morgan fingerprint density at radius 1 is 1.13 bits per heavy atom. The second-order valence-electron chi connectivity index (χ2n) is 12.5. The van der Waals surface area contributed by atoms with E-state index in [0.717, 1.165) is 71.0 Å². The van der Waals surface area contributed by atoms with E-state index in [1.54, 1.807) is 13.2 Å². The van der Waals surface area contributed by atoms with Crippen LogP contribution in [0.25, 0.3) is 0 Å². The number of allylic oxidation sites excluding steroid dienone is 2. The molecule has 0 spiro atoms. The zero-order valence-electron chi connectivity index (χ0n) is 24.6. The first-order valence-corrected chi connectivity index (χ1v) is 18.4. The number of hydrogen-bond donors (Lipinski definition) is 1. The van der Waals surface area contributed by atoms with Crippen LogP contribution >= 0.6 is 22.6 Å². The fourth-order valence-corrected chi connectivity index (χ4v) is 7.95. The topological polar surface area (TPSA) is 68.9 Å². The van der Waals surface area contributed by atoms with Crippen molar-refractivity contribution in [1.29, 1.82) is 0 Å². The summed E-state index contributed by atoms with van der Waals surface area (Å²) >= 11 is 2.31. The average Bonchev–Trinajstić information content (AvgIpc) is 3.26. The van der Waals surface area contributed by atoms with Gasteiger partial charge in [0.15, 0.2) is 5.78 Å². The number of methoxy groups -OCH3 is 1. The van der Waals surface area contributed by atoms with Crippen LogP contribution < -0.4 is 10.1 Å². The Kier molecular flexibility index (Phi) is 11.9. The molecule has 7 heteroatoms. The van der Waals surface area contributed by atoms with Crippen LogP contribution in [0.1, 0.15) is 70.4 Å². The molecule has 1 aliphatic carbocycles. The van der Waals surface area contributed by atoms with Gasteiger partial charge in [0.1, 0.15) is 20.1 Å². The second kappa shape index (κ2) is 14.5. The van der Waals surface area contributed by atoms with Crippen molar-refractivity contribution < 1.29 is 23.8 Å². The molecular weight excluding hydrogens is 619 g/mol. The van der Waals surface area contributed by atoms with Gasteiger partial charge in [0, 0.05) is 24.5 Å². The highest BCUT2D eigenvalue weighted by molar-refractivity contribution is 14.1. The van der Waals surface area contributed by atoms with Crippen molar-refractivity contribution in [2.24, 2.45) is 11.8 Å². The van der Waals surface area contributed by atoms with Crippen LogP contribution in [0.2, 0.25) is 18.1 Å². The standard InChI is InChI=1S/C32H47IO5Si/c1-32(2,3)39(5,6)31-26(28(33)22-38-31)20-30(35)27-19-23(14-17-29(27)34)11-9-7-8-10-18-37-21-24-12-15-25(36-4)16-13-24/h12-17,22-23,27,30,35H,7-11,18-21H2,1-6H3/t23-,27+,30-/m1/s1. The predicted octanol–water partition coefficient (Wildman–Crippen LogP) is 7.44. The van der Waals surface area contributed by atoms with Gasteiger partial charge in [0.2, 0.25) is 0 Å². The van der Waals surface area contributed by atoms with E-state index < -0.39 is 14.2 Å². The number of carbonyl (C=O) groups excluding carboxylic acids is 1. The zero-order chi connectivity index (χ0) is 28.6. The van der Waals surface area contributed by atoms with Crippen LogP contribution in [0, 0.1) is 15.4 Å². The lowest BCUT2D eigenvalue weighted by atomic mass is 9.79. The number of halogens is 1. The largest absolute Gasteiger partial charge is 0.497 e. The Morgan fingerprint density at radius 3 is 2.49 bits per heavy atom. The molecule has 0 amide bonds. The Balaban J connectivity index is 1.41. The van der Waals surface area contributed by atoms with Crippen LogP contribution in [0.5, 0.6) is 5.75 Å². The van der Waals surface area contributed by atoms with Gasteiger partial charge >= 0.3 is 0 Å². The molecule has 5 nitrogen and oxygen atoms in total. The summed E-state index contributed by atoms with van der Waals surface area (Å²) in [6, 6.07) is 7.99. The van der Waals surface area contributed by atoms with Gasteiger partial charge < -0.3 is 19.0 Å². The molecule has 0 unspecified atom stereocenters. The molecule has 0 saturated heterocycles. The van der Waals surface area contributed by atoms with Gasteiger partial charge in [0.25, 0.3) is 0 Å². The van der Waals surface area contributed by atoms with E-state index in [4.69, 9.17) is 13.9 Å². The third-order valence-electron chi connectivity index (χ3n) is 8.66. The molecule has 1 aromatic heterocycles. The first kappa shape index (κ1) is 32.1. The van der Waals surface area contributed by atoms with Gasteiger partial charge in [0.05, 0.1) is 28.8 Å². The maximum Gasteiger partial charge on any atom is 0.161 e. The summed E-state index contributed by atoms with van der Waals surface area (Å²) in [7, 11) is -0.230. The summed E-state index contributed by atoms with van der Waals surface area (Å²) in [5.74, 6) is 0.918. The average molecular weight is 667 g/mol. The first-order valence-electron chi connectivity index (χ1n) is 14.3. The molecular formula is C32H47IO5Si. The van der Waals surface area contributed by atoms with Gasteiger partial charge in [-0.05, 0) is 76.6 Å². The van der Waals surface area contributed by atoms with Gasteiger partial charge in [-0.25, -0.2) is 0 Å². The quantitative estimate of drug-likeness (QED) is 0.129. The highest BCUT2D eigenvalue weighted by Gasteiger charge is 2.43. The minimum absolute atomic E-state index is 0.0557. The Morgan fingerprint density at radius 2 is 1.82 bits per heavy atom. The van der Waals surface area contributed by atoms with Crippen LogP contribution in [0.15, 0.2) is 47.1 Å². The molecule has 39 heavy (non-hydrogen) atoms. The fraction of sp³-hybridized carbons (Fsp3) is 0.594. The molecule has 0 aliphatic heterocycles. The van der Waals surface area contributed by atoms with Crippen molar-refractivity contribution in [3.8, 4) is 5.75 Å². The lowest BCUT2D eigenvalue weighted by molar-refractivity contribution is -0.122. The lowest BCUT2D eigenvalue weighted by Gasteiger charge is -2.36. The SMILES string of the molecule is COc1ccc(COCCCCCC[C@@H]2C=CC(=O)[C@@H]([C@H](O)Cc3c(I)coc3[Si](C)(C)C(C)(C)C)C2)cc1. The monoisotopic (exact) mass is 666 g/mol. The third kappa shape index (κ3) is 8.78. The van der Waals surface area contributed by atoms with Crippen molar-refractivity contribution in [2.75, 3.05) is 13.7 Å². The minimum atomic E-state index is -1.90. The molecule has 0 bridgehead atoms. The third-order valence-corrected chi connectivity index (χ3v) is 14.9. The van der Waals surface area contributed by atoms with E-state index in [0.29, 0.717) is 18.9 Å². The number of aliphatic hydroxyl groups excluding tert-OH is 1. The van der Waals surface area contributed by atoms with E-state index in [9.17, 15) is 9.90 Å². The molecule has 0 fully saturated rings. The van der Waals surface area contributed by atoms with E-state index in [2.05, 4.69) is 62.5 Å². The Labute approximate surface area is 249 Å². The molecule has 1 aromatic carbocycles. The van der Waals surface area contributed by atoms with Crippen molar-refractivity contribution in [3.05, 3.63) is 57.4 Å². The summed E-state index contributed by atoms with van der Waals surface area (Å²) in [6.07, 6.45) is 11.6. The van der Waals surface area contributed by atoms with Crippen molar-refractivity contribution >= 4 is 41.8 Å². The van der Waals surface area contributed by atoms with Crippen LogP contribution in [-0.2, 0) is 22.6 Å². The number of furan rings is 1. The molecule has 1 heterocycles. The first-order chi connectivity index (χ1) is 18.4. The molecule has 216 valence electrons. The maximum absolute atomic E-state index is 12.8.